The fourth-order valence-corrected chi connectivity index (χ4v) is 4.39. The fraction of sp³-hybridized carbons (Fsp3) is 0.300. The molecule has 4 rings (SSSR count). The van der Waals surface area contributed by atoms with E-state index in [-0.39, 0.29) is 11.7 Å². The number of piperazine rings is 1. The van der Waals surface area contributed by atoms with Crippen LogP contribution in [0.4, 0.5) is 9.52 Å². The van der Waals surface area contributed by atoms with Crippen molar-refractivity contribution < 1.29 is 18.7 Å². The molecule has 1 aliphatic heterocycles. The molecule has 0 unspecified atom stereocenters. The minimum Gasteiger partial charge on any atom is -0.493 e. The Kier molecular flexibility index (Phi) is 5.04. The predicted molar refractivity (Wildman–Crippen MR) is 107 cm³/mol. The maximum Gasteiger partial charge on any atom is 0.257 e. The van der Waals surface area contributed by atoms with Gasteiger partial charge >= 0.3 is 0 Å². The molecule has 0 spiro atoms. The van der Waals surface area contributed by atoms with E-state index in [2.05, 4.69) is 9.88 Å². The van der Waals surface area contributed by atoms with Crippen LogP contribution in [0.25, 0.3) is 10.2 Å². The van der Waals surface area contributed by atoms with E-state index in [1.54, 1.807) is 36.3 Å². The first-order chi connectivity index (χ1) is 13.6. The molecule has 146 valence electrons. The number of benzene rings is 2. The van der Waals surface area contributed by atoms with Gasteiger partial charge in [-0.15, -0.1) is 0 Å². The van der Waals surface area contributed by atoms with Gasteiger partial charge in [-0.1, -0.05) is 17.4 Å². The number of carbonyl (C=O) groups is 1. The summed E-state index contributed by atoms with van der Waals surface area (Å²) in [5.74, 6) is 0.645. The van der Waals surface area contributed by atoms with Gasteiger partial charge in [0.25, 0.3) is 5.91 Å². The van der Waals surface area contributed by atoms with Crippen molar-refractivity contribution in [1.29, 1.82) is 0 Å². The van der Waals surface area contributed by atoms with E-state index in [0.717, 1.165) is 15.3 Å². The highest BCUT2D eigenvalue weighted by atomic mass is 32.1. The minimum absolute atomic E-state index is 0.0817. The van der Waals surface area contributed by atoms with Crippen LogP contribution < -0.4 is 14.4 Å². The number of carbonyl (C=O) groups excluding carboxylic acids is 1. The molecule has 28 heavy (non-hydrogen) atoms. The van der Waals surface area contributed by atoms with Gasteiger partial charge in [0.2, 0.25) is 0 Å². The largest absolute Gasteiger partial charge is 0.493 e. The Balaban J connectivity index is 1.48. The number of halogens is 1. The standard InChI is InChI=1S/C20H20FN3O3S/c1-26-16-5-3-4-14(18(16)27-2)19(25)23-8-10-24(11-9-23)20-22-15-7-6-13(21)12-17(15)28-20/h3-7,12H,8-11H2,1-2H3. The van der Waals surface area contributed by atoms with Crippen LogP contribution in [0, 0.1) is 5.82 Å². The molecule has 6 nitrogen and oxygen atoms in total. The Bertz CT molecular complexity index is 1020. The maximum absolute atomic E-state index is 13.4. The van der Waals surface area contributed by atoms with Gasteiger partial charge in [0.1, 0.15) is 5.82 Å². The Morgan fingerprint density at radius 3 is 2.61 bits per heavy atom. The van der Waals surface area contributed by atoms with E-state index >= 15 is 0 Å². The van der Waals surface area contributed by atoms with E-state index in [1.807, 2.05) is 0 Å². The number of hydrogen-bond donors (Lipinski definition) is 0. The highest BCUT2D eigenvalue weighted by Gasteiger charge is 2.26. The van der Waals surface area contributed by atoms with Crippen LogP contribution in [-0.2, 0) is 0 Å². The molecule has 0 radical (unpaired) electrons. The molecule has 2 aromatic carbocycles. The van der Waals surface area contributed by atoms with Crippen molar-refractivity contribution in [3.63, 3.8) is 0 Å². The lowest BCUT2D eigenvalue weighted by Gasteiger charge is -2.34. The molecule has 1 aliphatic rings. The van der Waals surface area contributed by atoms with Crippen LogP contribution in [0.15, 0.2) is 36.4 Å². The van der Waals surface area contributed by atoms with Crippen molar-refractivity contribution in [2.75, 3.05) is 45.3 Å². The van der Waals surface area contributed by atoms with Gasteiger partial charge in [-0.25, -0.2) is 9.37 Å². The molecule has 2 heterocycles. The van der Waals surface area contributed by atoms with E-state index in [1.165, 1.54) is 30.6 Å². The van der Waals surface area contributed by atoms with E-state index in [9.17, 15) is 9.18 Å². The number of rotatable bonds is 4. The molecule has 1 aromatic heterocycles. The third kappa shape index (κ3) is 3.35. The number of thiazole rings is 1. The molecular formula is C20H20FN3O3S. The van der Waals surface area contributed by atoms with Crippen LogP contribution in [-0.4, -0.2) is 56.2 Å². The van der Waals surface area contributed by atoms with Crippen LogP contribution in [0.2, 0.25) is 0 Å². The third-order valence-corrected chi connectivity index (χ3v) is 5.89. The number of fused-ring (bicyclic) bond motifs is 1. The highest BCUT2D eigenvalue weighted by molar-refractivity contribution is 7.22. The number of hydrogen-bond acceptors (Lipinski definition) is 6. The number of aromatic nitrogens is 1. The topological polar surface area (TPSA) is 54.9 Å². The SMILES string of the molecule is COc1cccc(C(=O)N2CCN(c3nc4ccc(F)cc4s3)CC2)c1OC. The van der Waals surface area contributed by atoms with Gasteiger partial charge in [-0.05, 0) is 30.3 Å². The Morgan fingerprint density at radius 2 is 1.89 bits per heavy atom. The van der Waals surface area contributed by atoms with Crippen LogP contribution >= 0.6 is 11.3 Å². The monoisotopic (exact) mass is 401 g/mol. The number of ether oxygens (including phenoxy) is 2. The van der Waals surface area contributed by atoms with Crippen molar-refractivity contribution in [1.82, 2.24) is 9.88 Å². The quantitative estimate of drug-likeness (QED) is 0.671. The lowest BCUT2D eigenvalue weighted by molar-refractivity contribution is 0.0742. The number of para-hydroxylation sites is 1. The van der Waals surface area contributed by atoms with Crippen molar-refractivity contribution in [2.24, 2.45) is 0 Å². The van der Waals surface area contributed by atoms with Gasteiger partial charge in [-0.2, -0.15) is 0 Å². The summed E-state index contributed by atoms with van der Waals surface area (Å²) in [7, 11) is 3.08. The second-order valence-electron chi connectivity index (χ2n) is 6.43. The molecule has 0 aliphatic carbocycles. The van der Waals surface area contributed by atoms with Crippen LogP contribution in [0.3, 0.4) is 0 Å². The molecule has 1 amide bonds. The van der Waals surface area contributed by atoms with E-state index in [4.69, 9.17) is 9.47 Å². The zero-order chi connectivity index (χ0) is 19.7. The van der Waals surface area contributed by atoms with Gasteiger partial charge < -0.3 is 19.3 Å². The summed E-state index contributed by atoms with van der Waals surface area (Å²) in [6.45, 7) is 2.48. The van der Waals surface area contributed by atoms with Crippen LogP contribution in [0.5, 0.6) is 11.5 Å². The first kappa shape index (κ1) is 18.5. The Labute approximate surface area is 166 Å². The summed E-state index contributed by atoms with van der Waals surface area (Å²) in [5.41, 5.74) is 1.28. The zero-order valence-electron chi connectivity index (χ0n) is 15.6. The number of methoxy groups -OCH3 is 2. The number of anilines is 1. The normalized spacial score (nSPS) is 14.4. The summed E-state index contributed by atoms with van der Waals surface area (Å²) in [6, 6.07) is 9.92. The molecule has 3 aromatic rings. The average molecular weight is 401 g/mol. The number of nitrogens with zero attached hydrogens (tertiary/aromatic N) is 3. The van der Waals surface area contributed by atoms with Crippen molar-refractivity contribution in [2.45, 2.75) is 0 Å². The summed E-state index contributed by atoms with van der Waals surface area (Å²) in [5, 5.41) is 0.853. The van der Waals surface area contributed by atoms with Crippen molar-refractivity contribution in [3.05, 3.63) is 47.8 Å². The van der Waals surface area contributed by atoms with Crippen molar-refractivity contribution in [3.8, 4) is 11.5 Å². The average Bonchev–Trinajstić information content (AvgIpc) is 3.15. The second kappa shape index (κ2) is 7.63. The van der Waals surface area contributed by atoms with E-state index in [0.29, 0.717) is 43.2 Å². The highest BCUT2D eigenvalue weighted by Crippen LogP contribution is 2.33. The number of amides is 1. The molecule has 8 heteroatoms. The fourth-order valence-electron chi connectivity index (χ4n) is 3.35. The third-order valence-electron chi connectivity index (χ3n) is 4.81. The summed E-state index contributed by atoms with van der Waals surface area (Å²) in [4.78, 5) is 21.5. The predicted octanol–water partition coefficient (Wildman–Crippen LogP) is 3.42. The lowest BCUT2D eigenvalue weighted by atomic mass is 10.1. The summed E-state index contributed by atoms with van der Waals surface area (Å²) in [6.07, 6.45) is 0. The summed E-state index contributed by atoms with van der Waals surface area (Å²) >= 11 is 1.47. The minimum atomic E-state index is -0.259. The van der Waals surface area contributed by atoms with Gasteiger partial charge in [0.15, 0.2) is 16.6 Å². The molecule has 0 bridgehead atoms. The van der Waals surface area contributed by atoms with Crippen molar-refractivity contribution >= 4 is 32.6 Å². The smallest absolute Gasteiger partial charge is 0.257 e. The zero-order valence-corrected chi connectivity index (χ0v) is 16.5. The first-order valence-corrected chi connectivity index (χ1v) is 9.73. The molecular weight excluding hydrogens is 381 g/mol. The Morgan fingerprint density at radius 1 is 1.11 bits per heavy atom. The molecule has 0 atom stereocenters. The van der Waals surface area contributed by atoms with Gasteiger partial charge in [0, 0.05) is 26.2 Å². The molecule has 0 saturated carbocycles. The van der Waals surface area contributed by atoms with Crippen LogP contribution in [0.1, 0.15) is 10.4 Å². The summed E-state index contributed by atoms with van der Waals surface area (Å²) < 4.78 is 24.9. The first-order valence-electron chi connectivity index (χ1n) is 8.92. The van der Waals surface area contributed by atoms with E-state index < -0.39 is 0 Å². The maximum atomic E-state index is 13.4. The molecule has 1 fully saturated rings. The van der Waals surface area contributed by atoms with Gasteiger partial charge in [-0.3, -0.25) is 4.79 Å². The Hall–Kier alpha value is -2.87. The second-order valence-corrected chi connectivity index (χ2v) is 7.44. The molecule has 0 N–H and O–H groups in total. The lowest BCUT2D eigenvalue weighted by Crippen LogP contribution is -2.48. The van der Waals surface area contributed by atoms with Gasteiger partial charge in [0.05, 0.1) is 30.0 Å². The molecule has 1 saturated heterocycles.